The molecule has 2 aliphatic carbocycles. The number of nitrogens with zero attached hydrogens (tertiary/aromatic N) is 5. The summed E-state index contributed by atoms with van der Waals surface area (Å²) in [6.45, 7) is 15.4. The van der Waals surface area contributed by atoms with E-state index < -0.39 is 31.4 Å². The Hall–Kier alpha value is -4.21. The number of pyridine rings is 1. The summed E-state index contributed by atoms with van der Waals surface area (Å²) in [6, 6.07) is 6.01. The SMILES string of the molecule is CC(C)[Si](C#Cc1c(F)ccc2cc(N)cc(-c3ncc4c(N5CCCC[C@H]6[C@H](F)[C@H]65)nc(OC[C@]56C/C(=C\F)CN5CCC65CC5)nc4c3F)c12)(C(C)C)C(C)C. The molecule has 2 aromatic carbocycles. The first kappa shape index (κ1) is 39.3. The Morgan fingerprint density at radius 3 is 2.48 bits per heavy atom. The second-order valence-electron chi connectivity index (χ2n) is 18.8. The van der Waals surface area contributed by atoms with E-state index in [1.807, 2.05) is 4.90 Å². The summed E-state index contributed by atoms with van der Waals surface area (Å²) < 4.78 is 69.6. The number of nitrogen functional groups attached to an aromatic ring is 1. The van der Waals surface area contributed by atoms with Crippen molar-refractivity contribution in [3.63, 3.8) is 0 Å². The van der Waals surface area contributed by atoms with E-state index in [0.717, 1.165) is 57.0 Å². The molecule has 0 radical (unpaired) electrons. The van der Waals surface area contributed by atoms with Crippen molar-refractivity contribution in [3.8, 4) is 28.7 Å². The molecule has 306 valence electrons. The smallest absolute Gasteiger partial charge is 0.319 e. The predicted octanol–water partition coefficient (Wildman–Crippen LogP) is 10.5. The zero-order chi connectivity index (χ0) is 40.9. The van der Waals surface area contributed by atoms with Gasteiger partial charge in [-0.1, -0.05) is 60.0 Å². The van der Waals surface area contributed by atoms with Crippen LogP contribution in [0.15, 0.2) is 42.4 Å². The number of hydrogen-bond acceptors (Lipinski definition) is 7. The molecule has 9 rings (SSSR count). The van der Waals surface area contributed by atoms with Crippen LogP contribution in [-0.4, -0.2) is 71.9 Å². The highest BCUT2D eigenvalue weighted by Gasteiger charge is 2.68. The number of fused-ring (bicyclic) bond motifs is 5. The summed E-state index contributed by atoms with van der Waals surface area (Å²) in [6.07, 6.45) is 7.46. The van der Waals surface area contributed by atoms with Crippen LogP contribution < -0.4 is 15.4 Å². The second kappa shape index (κ2) is 14.2. The summed E-state index contributed by atoms with van der Waals surface area (Å²) in [5.74, 6) is 2.35. The fraction of sp³-hybridized carbons (Fsp3) is 0.543. The lowest BCUT2D eigenvalue weighted by molar-refractivity contribution is 0.0649. The maximum Gasteiger partial charge on any atom is 0.319 e. The molecule has 7 nitrogen and oxygen atoms in total. The maximum absolute atomic E-state index is 17.6. The molecule has 3 aliphatic heterocycles. The Morgan fingerprint density at radius 1 is 1.02 bits per heavy atom. The number of hydrogen-bond donors (Lipinski definition) is 1. The molecule has 5 heterocycles. The quantitative estimate of drug-likeness (QED) is 0.0822. The fourth-order valence-corrected chi connectivity index (χ4v) is 16.9. The van der Waals surface area contributed by atoms with Crippen LogP contribution in [0.4, 0.5) is 29.1 Å². The van der Waals surface area contributed by atoms with Gasteiger partial charge in [0.05, 0.1) is 28.9 Å². The molecule has 0 bridgehead atoms. The summed E-state index contributed by atoms with van der Waals surface area (Å²) in [5, 5.41) is 1.39. The minimum atomic E-state index is -2.28. The van der Waals surface area contributed by atoms with E-state index in [4.69, 9.17) is 25.4 Å². The molecule has 5 fully saturated rings. The van der Waals surface area contributed by atoms with Gasteiger partial charge in [-0.2, -0.15) is 9.97 Å². The molecule has 4 aromatic rings. The van der Waals surface area contributed by atoms with Crippen molar-refractivity contribution in [3.05, 3.63) is 59.6 Å². The Labute approximate surface area is 339 Å². The Bertz CT molecular complexity index is 2380. The van der Waals surface area contributed by atoms with Gasteiger partial charge in [-0.05, 0) is 96.3 Å². The van der Waals surface area contributed by atoms with Gasteiger partial charge >= 0.3 is 6.01 Å². The lowest BCUT2D eigenvalue weighted by Crippen LogP contribution is -2.49. The second-order valence-corrected chi connectivity index (χ2v) is 24.3. The average molecular weight is 811 g/mol. The topological polar surface area (TPSA) is 80.4 Å². The van der Waals surface area contributed by atoms with E-state index in [1.54, 1.807) is 24.4 Å². The van der Waals surface area contributed by atoms with Gasteiger partial charge in [-0.3, -0.25) is 9.88 Å². The summed E-state index contributed by atoms with van der Waals surface area (Å²) in [4.78, 5) is 18.6. The van der Waals surface area contributed by atoms with Crippen molar-refractivity contribution < 1.29 is 22.3 Å². The first-order valence-electron chi connectivity index (χ1n) is 21.2. The van der Waals surface area contributed by atoms with Crippen molar-refractivity contribution in [1.29, 1.82) is 0 Å². The number of nitrogens with two attached hydrogens (primary N) is 1. The highest BCUT2D eigenvalue weighted by atomic mass is 28.3. The minimum Gasteiger partial charge on any atom is -0.461 e. The zero-order valence-corrected chi connectivity index (χ0v) is 35.4. The molecule has 3 saturated heterocycles. The van der Waals surface area contributed by atoms with Crippen LogP contribution in [0.2, 0.25) is 16.6 Å². The van der Waals surface area contributed by atoms with Gasteiger partial charge in [0.1, 0.15) is 43.7 Å². The molecule has 0 amide bonds. The van der Waals surface area contributed by atoms with Crippen LogP contribution in [0.25, 0.3) is 32.9 Å². The molecular weight excluding hydrogens is 757 g/mol. The lowest BCUT2D eigenvalue weighted by atomic mass is 9.80. The number of rotatable bonds is 8. The Balaban J connectivity index is 1.21. The van der Waals surface area contributed by atoms with Gasteiger partial charge in [0, 0.05) is 41.8 Å². The van der Waals surface area contributed by atoms with Gasteiger partial charge in [0.25, 0.3) is 0 Å². The molecule has 2 aromatic heterocycles. The minimum absolute atomic E-state index is 0.0162. The van der Waals surface area contributed by atoms with Gasteiger partial charge in [-0.15, -0.1) is 5.54 Å². The first-order valence-corrected chi connectivity index (χ1v) is 23.5. The van der Waals surface area contributed by atoms with Crippen molar-refractivity contribution in [1.82, 2.24) is 19.9 Å². The van der Waals surface area contributed by atoms with Crippen molar-refractivity contribution in [2.45, 2.75) is 121 Å². The van der Waals surface area contributed by atoms with Crippen molar-refractivity contribution in [2.24, 2.45) is 11.3 Å². The molecule has 2 N–H and O–H groups in total. The van der Waals surface area contributed by atoms with Gasteiger partial charge in [0.2, 0.25) is 0 Å². The van der Waals surface area contributed by atoms with Gasteiger partial charge < -0.3 is 15.4 Å². The normalized spacial score (nSPS) is 25.8. The molecule has 4 atom stereocenters. The van der Waals surface area contributed by atoms with Crippen LogP contribution in [0.5, 0.6) is 6.01 Å². The fourth-order valence-electron chi connectivity index (χ4n) is 11.7. The lowest BCUT2D eigenvalue weighted by Gasteiger charge is -2.38. The molecule has 0 unspecified atom stereocenters. The van der Waals surface area contributed by atoms with E-state index in [0.29, 0.717) is 69.4 Å². The van der Waals surface area contributed by atoms with Crippen LogP contribution in [-0.2, 0) is 0 Å². The van der Waals surface area contributed by atoms with Crippen LogP contribution >= 0.6 is 0 Å². The maximum atomic E-state index is 17.6. The Morgan fingerprint density at radius 2 is 1.78 bits per heavy atom. The number of aromatic nitrogens is 3. The third-order valence-electron chi connectivity index (χ3n) is 14.9. The largest absolute Gasteiger partial charge is 0.461 e. The molecule has 12 heteroatoms. The predicted molar refractivity (Wildman–Crippen MR) is 226 cm³/mol. The number of halogens is 4. The first-order chi connectivity index (χ1) is 27.7. The highest BCUT2D eigenvalue weighted by molar-refractivity contribution is 6.90. The molecule has 58 heavy (non-hydrogen) atoms. The van der Waals surface area contributed by atoms with Gasteiger partial charge in [-0.25, -0.2) is 17.6 Å². The van der Waals surface area contributed by atoms with Crippen LogP contribution in [0.3, 0.4) is 0 Å². The number of ether oxygens (including phenoxy) is 1. The molecule has 1 spiro atoms. The van der Waals surface area contributed by atoms with E-state index in [1.165, 1.54) is 6.07 Å². The molecule has 2 saturated carbocycles. The van der Waals surface area contributed by atoms with Gasteiger partial charge in [0.15, 0.2) is 5.82 Å². The van der Waals surface area contributed by atoms with Crippen LogP contribution in [0.1, 0.15) is 92.1 Å². The van der Waals surface area contributed by atoms with E-state index in [2.05, 4.69) is 57.9 Å². The number of benzene rings is 2. The average Bonchev–Trinajstić information content (AvgIpc) is 4.06. The standard InChI is InChI=1S/C46H54F4N6OSi/c1-26(2)58(27(3)4,28(5)6)18-12-32-36(48)11-10-30-19-31(51)20-34(37(30)32)40-39(50)41-35(23-52-40)43(56-16-8-7-9-33-38(49)42(33)56)54-44(53-41)57-25-46-21-29(22-47)24-55(46)17-15-45(46)13-14-45/h10-11,19-20,22-23,26-28,33,38,42H,7-9,13-17,21,24-25,51H2,1-6H3/b29-22+/t33-,38-,42-,46-/m0/s1. The third kappa shape index (κ3) is 5.95. The third-order valence-corrected chi connectivity index (χ3v) is 21.2. The van der Waals surface area contributed by atoms with Crippen LogP contribution in [0, 0.1) is 34.4 Å². The number of anilines is 2. The monoisotopic (exact) mass is 810 g/mol. The highest BCUT2D eigenvalue weighted by Crippen LogP contribution is 2.66. The van der Waals surface area contributed by atoms with E-state index in [9.17, 15) is 4.39 Å². The summed E-state index contributed by atoms with van der Waals surface area (Å²) >= 11 is 0. The number of alkyl halides is 1. The molecule has 5 aliphatic rings. The summed E-state index contributed by atoms with van der Waals surface area (Å²) in [5.41, 5.74) is 12.3. The molecular formula is C46H54F4N6OSi. The summed E-state index contributed by atoms with van der Waals surface area (Å²) in [7, 11) is -2.28. The van der Waals surface area contributed by atoms with Crippen molar-refractivity contribution in [2.75, 3.05) is 36.9 Å². The zero-order valence-electron chi connectivity index (χ0n) is 34.4. The van der Waals surface area contributed by atoms with E-state index in [-0.39, 0.29) is 46.8 Å². The van der Waals surface area contributed by atoms with E-state index >= 15 is 13.2 Å². The van der Waals surface area contributed by atoms with Crippen molar-refractivity contribution >= 4 is 41.3 Å². The Kier molecular flexibility index (Phi) is 9.62.